The Hall–Kier alpha value is -2.89. The highest BCUT2D eigenvalue weighted by Crippen LogP contribution is 2.17. The molecule has 2 aromatic carbocycles. The summed E-state index contributed by atoms with van der Waals surface area (Å²) in [7, 11) is 0. The Balaban J connectivity index is 1.91. The summed E-state index contributed by atoms with van der Waals surface area (Å²) >= 11 is 0. The van der Waals surface area contributed by atoms with E-state index in [9.17, 15) is 14.0 Å². The van der Waals surface area contributed by atoms with Gasteiger partial charge in [0.15, 0.2) is 0 Å². The monoisotopic (exact) mass is 330 g/mol. The first-order chi connectivity index (χ1) is 11.6. The summed E-state index contributed by atoms with van der Waals surface area (Å²) in [5.74, 6) is -1.14. The molecule has 0 unspecified atom stereocenters. The Labute approximate surface area is 139 Å². The van der Waals surface area contributed by atoms with Crippen molar-refractivity contribution in [2.24, 2.45) is 0 Å². The fraction of sp³-hybridized carbons (Fsp3) is 0.222. The first kappa shape index (κ1) is 17.5. The lowest BCUT2D eigenvalue weighted by Gasteiger charge is -2.11. The molecule has 126 valence electrons. The average molecular weight is 330 g/mol. The lowest BCUT2D eigenvalue weighted by molar-refractivity contribution is -0.115. The van der Waals surface area contributed by atoms with E-state index in [0.29, 0.717) is 16.9 Å². The topological polar surface area (TPSA) is 67.4 Å². The SMILES string of the molecule is CCOC(=O)c1ccccc1NC(=O)CCNc1ccccc1F. The number of amides is 1. The quantitative estimate of drug-likeness (QED) is 0.763. The van der Waals surface area contributed by atoms with Gasteiger partial charge in [-0.3, -0.25) is 4.79 Å². The predicted molar refractivity (Wildman–Crippen MR) is 90.5 cm³/mol. The fourth-order valence-electron chi connectivity index (χ4n) is 2.11. The number of halogens is 1. The number of benzene rings is 2. The largest absolute Gasteiger partial charge is 0.462 e. The summed E-state index contributed by atoms with van der Waals surface area (Å²) in [6, 6.07) is 12.9. The summed E-state index contributed by atoms with van der Waals surface area (Å²) < 4.78 is 18.4. The van der Waals surface area contributed by atoms with Crippen LogP contribution in [0.1, 0.15) is 23.7 Å². The van der Waals surface area contributed by atoms with Crippen molar-refractivity contribution >= 4 is 23.3 Å². The number of hydrogen-bond donors (Lipinski definition) is 2. The fourth-order valence-corrected chi connectivity index (χ4v) is 2.11. The van der Waals surface area contributed by atoms with Crippen LogP contribution in [0.5, 0.6) is 0 Å². The van der Waals surface area contributed by atoms with Crippen molar-refractivity contribution in [2.45, 2.75) is 13.3 Å². The van der Waals surface area contributed by atoms with Crippen LogP contribution < -0.4 is 10.6 Å². The van der Waals surface area contributed by atoms with Crippen molar-refractivity contribution < 1.29 is 18.7 Å². The molecule has 0 saturated carbocycles. The van der Waals surface area contributed by atoms with Gasteiger partial charge in [0.2, 0.25) is 5.91 Å². The lowest BCUT2D eigenvalue weighted by atomic mass is 10.1. The number of hydrogen-bond acceptors (Lipinski definition) is 4. The van der Waals surface area contributed by atoms with Gasteiger partial charge < -0.3 is 15.4 Å². The zero-order valence-corrected chi connectivity index (χ0v) is 13.3. The highest BCUT2D eigenvalue weighted by molar-refractivity contribution is 6.01. The lowest BCUT2D eigenvalue weighted by Crippen LogP contribution is -2.18. The van der Waals surface area contributed by atoms with Crippen LogP contribution >= 0.6 is 0 Å². The highest BCUT2D eigenvalue weighted by Gasteiger charge is 2.13. The Kier molecular flexibility index (Phi) is 6.31. The molecule has 0 saturated heterocycles. The smallest absolute Gasteiger partial charge is 0.340 e. The standard InChI is InChI=1S/C18H19FN2O3/c1-2-24-18(23)13-7-3-5-9-15(13)21-17(22)11-12-20-16-10-6-4-8-14(16)19/h3-10,20H,2,11-12H2,1H3,(H,21,22). The summed E-state index contributed by atoms with van der Waals surface area (Å²) in [5.41, 5.74) is 1.04. The molecule has 0 atom stereocenters. The molecule has 5 nitrogen and oxygen atoms in total. The van der Waals surface area contributed by atoms with Crippen molar-refractivity contribution in [1.82, 2.24) is 0 Å². The summed E-state index contributed by atoms with van der Waals surface area (Å²) in [6.07, 6.45) is 0.130. The summed E-state index contributed by atoms with van der Waals surface area (Å²) in [5, 5.41) is 5.54. The van der Waals surface area contributed by atoms with Crippen LogP contribution in [0.4, 0.5) is 15.8 Å². The number of carbonyl (C=O) groups excluding carboxylic acids is 2. The molecule has 0 aliphatic heterocycles. The number of rotatable bonds is 7. The van der Waals surface area contributed by atoms with E-state index in [0.717, 1.165) is 0 Å². The van der Waals surface area contributed by atoms with Crippen LogP contribution in [0.15, 0.2) is 48.5 Å². The molecule has 0 bridgehead atoms. The van der Waals surface area contributed by atoms with Gasteiger partial charge in [-0.2, -0.15) is 0 Å². The molecule has 24 heavy (non-hydrogen) atoms. The van der Waals surface area contributed by atoms with E-state index in [1.165, 1.54) is 6.07 Å². The van der Waals surface area contributed by atoms with Gasteiger partial charge in [0.05, 0.1) is 23.5 Å². The molecule has 0 aliphatic carbocycles. The minimum absolute atomic E-state index is 0.130. The van der Waals surface area contributed by atoms with Crippen LogP contribution in [-0.2, 0) is 9.53 Å². The average Bonchev–Trinajstić information content (AvgIpc) is 2.57. The van der Waals surface area contributed by atoms with Crippen molar-refractivity contribution in [3.8, 4) is 0 Å². The molecule has 2 rings (SSSR count). The molecular weight excluding hydrogens is 311 g/mol. The molecule has 2 aromatic rings. The second-order valence-corrected chi connectivity index (χ2v) is 4.97. The molecule has 1 amide bonds. The van der Waals surface area contributed by atoms with Crippen LogP contribution in [0.25, 0.3) is 0 Å². The first-order valence-corrected chi connectivity index (χ1v) is 7.66. The van der Waals surface area contributed by atoms with E-state index in [-0.39, 0.29) is 31.3 Å². The van der Waals surface area contributed by atoms with Crippen molar-refractivity contribution in [2.75, 3.05) is 23.8 Å². The molecule has 6 heteroatoms. The van der Waals surface area contributed by atoms with Crippen molar-refractivity contribution in [3.63, 3.8) is 0 Å². The molecule has 0 radical (unpaired) electrons. The van der Waals surface area contributed by atoms with Gasteiger partial charge in [0.25, 0.3) is 0 Å². The molecule has 0 fully saturated rings. The molecule has 0 spiro atoms. The van der Waals surface area contributed by atoms with Crippen LogP contribution in [0, 0.1) is 5.82 Å². The van der Waals surface area contributed by atoms with E-state index in [1.54, 1.807) is 49.4 Å². The third kappa shape index (κ3) is 4.81. The molecule has 0 heterocycles. The van der Waals surface area contributed by atoms with Gasteiger partial charge in [-0.05, 0) is 31.2 Å². The Morgan fingerprint density at radius 1 is 1.04 bits per heavy atom. The van der Waals surface area contributed by atoms with Gasteiger partial charge in [0, 0.05) is 13.0 Å². The Morgan fingerprint density at radius 3 is 2.42 bits per heavy atom. The van der Waals surface area contributed by atoms with E-state index < -0.39 is 5.97 Å². The molecule has 0 aromatic heterocycles. The Morgan fingerprint density at radius 2 is 1.71 bits per heavy atom. The zero-order valence-electron chi connectivity index (χ0n) is 13.3. The van der Waals surface area contributed by atoms with Gasteiger partial charge in [-0.15, -0.1) is 0 Å². The van der Waals surface area contributed by atoms with Crippen molar-refractivity contribution in [1.29, 1.82) is 0 Å². The highest BCUT2D eigenvalue weighted by atomic mass is 19.1. The maximum absolute atomic E-state index is 13.5. The summed E-state index contributed by atoms with van der Waals surface area (Å²) in [6.45, 7) is 2.25. The number of nitrogens with one attached hydrogen (secondary N) is 2. The maximum atomic E-state index is 13.5. The van der Waals surface area contributed by atoms with Gasteiger partial charge in [0.1, 0.15) is 5.82 Å². The number of esters is 1. The second-order valence-electron chi connectivity index (χ2n) is 4.97. The molecule has 0 aliphatic rings. The van der Waals surface area contributed by atoms with Crippen LogP contribution in [-0.4, -0.2) is 25.0 Å². The Bertz CT molecular complexity index is 719. The van der Waals surface area contributed by atoms with E-state index in [1.807, 2.05) is 0 Å². The minimum Gasteiger partial charge on any atom is -0.462 e. The van der Waals surface area contributed by atoms with E-state index in [4.69, 9.17) is 4.74 Å². The number of ether oxygens (including phenoxy) is 1. The van der Waals surface area contributed by atoms with Crippen LogP contribution in [0.2, 0.25) is 0 Å². The normalized spacial score (nSPS) is 10.1. The number of para-hydroxylation sites is 2. The first-order valence-electron chi connectivity index (χ1n) is 7.66. The number of carbonyl (C=O) groups is 2. The predicted octanol–water partition coefficient (Wildman–Crippen LogP) is 3.44. The molecule has 2 N–H and O–H groups in total. The van der Waals surface area contributed by atoms with Crippen molar-refractivity contribution in [3.05, 3.63) is 59.9 Å². The van der Waals surface area contributed by atoms with Gasteiger partial charge >= 0.3 is 5.97 Å². The summed E-state index contributed by atoms with van der Waals surface area (Å²) in [4.78, 5) is 23.9. The third-order valence-electron chi connectivity index (χ3n) is 3.24. The van der Waals surface area contributed by atoms with Gasteiger partial charge in [-0.25, -0.2) is 9.18 Å². The zero-order chi connectivity index (χ0) is 17.4. The van der Waals surface area contributed by atoms with E-state index >= 15 is 0 Å². The van der Waals surface area contributed by atoms with Gasteiger partial charge in [-0.1, -0.05) is 24.3 Å². The maximum Gasteiger partial charge on any atom is 0.340 e. The van der Waals surface area contributed by atoms with E-state index in [2.05, 4.69) is 10.6 Å². The second kappa shape index (κ2) is 8.67. The molecular formula is C18H19FN2O3. The van der Waals surface area contributed by atoms with Crippen LogP contribution in [0.3, 0.4) is 0 Å². The third-order valence-corrected chi connectivity index (χ3v) is 3.24. The number of anilines is 2. The minimum atomic E-state index is -0.488.